The largest absolute Gasteiger partial charge is 0.457 e. The van der Waals surface area contributed by atoms with Gasteiger partial charge in [-0.1, -0.05) is 6.07 Å². The lowest BCUT2D eigenvalue weighted by atomic mass is 10.1. The molecule has 1 N–H and O–H groups in total. The molecule has 0 unspecified atom stereocenters. The van der Waals surface area contributed by atoms with E-state index in [0.29, 0.717) is 17.1 Å². The Bertz CT molecular complexity index is 1490. The van der Waals surface area contributed by atoms with Crippen molar-refractivity contribution < 1.29 is 14.3 Å². The number of esters is 1. The van der Waals surface area contributed by atoms with Crippen LogP contribution in [0.2, 0.25) is 0 Å². The molecule has 2 aromatic heterocycles. The number of rotatable bonds is 6. The number of hydrogen-bond acceptors (Lipinski definition) is 9. The first kappa shape index (κ1) is 26.4. The van der Waals surface area contributed by atoms with Gasteiger partial charge >= 0.3 is 5.97 Å². The minimum absolute atomic E-state index is 0.382. The van der Waals surface area contributed by atoms with E-state index in [4.69, 9.17) is 9.47 Å². The summed E-state index contributed by atoms with van der Waals surface area (Å²) in [7, 11) is 2.14. The molecule has 1 fully saturated rings. The van der Waals surface area contributed by atoms with Gasteiger partial charge in [-0.25, -0.2) is 19.7 Å². The van der Waals surface area contributed by atoms with Crippen molar-refractivity contribution >= 4 is 34.2 Å². The van der Waals surface area contributed by atoms with Gasteiger partial charge in [-0.3, -0.25) is 0 Å². The SMILES string of the molecule is Cc1cc(Nc2ncnc3cnc(N4CCN(C)CC4)cc23)ccc1Oc1cccc(C(=O)OC(C)(C)C)c1. The molecule has 0 aliphatic carbocycles. The molecule has 9 heteroatoms. The highest BCUT2D eigenvalue weighted by Crippen LogP contribution is 2.31. The number of nitrogens with zero attached hydrogens (tertiary/aromatic N) is 5. The maximum atomic E-state index is 12.5. The highest BCUT2D eigenvalue weighted by molar-refractivity contribution is 5.92. The molecule has 1 aliphatic rings. The normalized spacial score (nSPS) is 14.3. The summed E-state index contributed by atoms with van der Waals surface area (Å²) in [5.74, 6) is 2.52. The van der Waals surface area contributed by atoms with E-state index in [2.05, 4.69) is 43.2 Å². The van der Waals surface area contributed by atoms with Gasteiger partial charge < -0.3 is 24.6 Å². The highest BCUT2D eigenvalue weighted by Gasteiger charge is 2.19. The Labute approximate surface area is 228 Å². The maximum absolute atomic E-state index is 12.5. The van der Waals surface area contributed by atoms with Gasteiger partial charge in [-0.15, -0.1) is 0 Å². The summed E-state index contributed by atoms with van der Waals surface area (Å²) in [5.41, 5.74) is 2.47. The zero-order valence-corrected chi connectivity index (χ0v) is 23.1. The van der Waals surface area contributed by atoms with E-state index in [-0.39, 0.29) is 5.97 Å². The van der Waals surface area contributed by atoms with Crippen molar-refractivity contribution in [1.82, 2.24) is 19.9 Å². The van der Waals surface area contributed by atoms with Crippen LogP contribution in [0.3, 0.4) is 0 Å². The van der Waals surface area contributed by atoms with Gasteiger partial charge in [0.2, 0.25) is 0 Å². The first-order valence-corrected chi connectivity index (χ1v) is 13.1. The van der Waals surface area contributed by atoms with E-state index in [1.165, 1.54) is 0 Å². The lowest BCUT2D eigenvalue weighted by Crippen LogP contribution is -2.44. The van der Waals surface area contributed by atoms with E-state index in [0.717, 1.165) is 60.0 Å². The fourth-order valence-electron chi connectivity index (χ4n) is 4.39. The molecule has 1 saturated heterocycles. The van der Waals surface area contributed by atoms with Gasteiger partial charge in [0.1, 0.15) is 35.1 Å². The minimum Gasteiger partial charge on any atom is -0.457 e. The smallest absolute Gasteiger partial charge is 0.338 e. The van der Waals surface area contributed by atoms with Crippen molar-refractivity contribution in [2.75, 3.05) is 43.4 Å². The third-order valence-electron chi connectivity index (χ3n) is 6.47. The zero-order valence-electron chi connectivity index (χ0n) is 23.1. The van der Waals surface area contributed by atoms with Crippen LogP contribution in [-0.2, 0) is 4.74 Å². The average Bonchev–Trinajstić information content (AvgIpc) is 2.90. The molecule has 2 aromatic carbocycles. The molecular weight excluding hydrogens is 492 g/mol. The first-order chi connectivity index (χ1) is 18.6. The molecule has 0 saturated carbocycles. The summed E-state index contributed by atoms with van der Waals surface area (Å²) in [6.45, 7) is 11.4. The number of hydrogen-bond donors (Lipinski definition) is 1. The van der Waals surface area contributed by atoms with Crippen molar-refractivity contribution in [3.8, 4) is 11.5 Å². The molecule has 0 amide bonds. The number of benzene rings is 2. The molecule has 3 heterocycles. The van der Waals surface area contributed by atoms with Crippen LogP contribution in [0.1, 0.15) is 36.7 Å². The average molecular weight is 527 g/mol. The molecule has 1 aliphatic heterocycles. The van der Waals surface area contributed by atoms with Crippen molar-refractivity contribution in [3.63, 3.8) is 0 Å². The lowest BCUT2D eigenvalue weighted by Gasteiger charge is -2.33. The van der Waals surface area contributed by atoms with E-state index in [9.17, 15) is 4.79 Å². The number of carbonyl (C=O) groups is 1. The number of nitrogens with one attached hydrogen (secondary N) is 1. The third-order valence-corrected chi connectivity index (χ3v) is 6.47. The molecule has 39 heavy (non-hydrogen) atoms. The third kappa shape index (κ3) is 6.43. The van der Waals surface area contributed by atoms with Gasteiger partial charge in [0, 0.05) is 37.3 Å². The molecule has 4 aromatic rings. The van der Waals surface area contributed by atoms with Crippen LogP contribution in [0.25, 0.3) is 10.9 Å². The first-order valence-electron chi connectivity index (χ1n) is 13.1. The standard InChI is InChI=1S/C30H34N6O3/c1-20-15-22(9-10-26(20)38-23-8-6-7-21(16-23)29(37)39-30(2,3)4)34-28-24-17-27(31-18-25(24)32-19-33-28)36-13-11-35(5)12-14-36/h6-10,15-19H,11-14H2,1-5H3,(H,32,33,34). The number of pyridine rings is 1. The zero-order chi connectivity index (χ0) is 27.6. The number of piperazine rings is 1. The number of aromatic nitrogens is 3. The Morgan fingerprint density at radius 3 is 2.51 bits per heavy atom. The summed E-state index contributed by atoms with van der Waals surface area (Å²) in [4.78, 5) is 30.7. The number of likely N-dealkylation sites (N-methyl/N-ethyl adjacent to an activating group) is 1. The van der Waals surface area contributed by atoms with Crippen molar-refractivity contribution in [1.29, 1.82) is 0 Å². The molecule has 9 nitrogen and oxygen atoms in total. The lowest BCUT2D eigenvalue weighted by molar-refractivity contribution is 0.00692. The second kappa shape index (κ2) is 10.9. The monoisotopic (exact) mass is 526 g/mol. The fraction of sp³-hybridized carbons (Fsp3) is 0.333. The predicted octanol–water partition coefficient (Wildman–Crippen LogP) is 5.58. The Balaban J connectivity index is 1.33. The molecule has 0 bridgehead atoms. The highest BCUT2D eigenvalue weighted by atomic mass is 16.6. The van der Waals surface area contributed by atoms with Crippen LogP contribution >= 0.6 is 0 Å². The Hall–Kier alpha value is -4.24. The predicted molar refractivity (Wildman–Crippen MR) is 153 cm³/mol. The van der Waals surface area contributed by atoms with Gasteiger partial charge in [0.25, 0.3) is 0 Å². The second-order valence-corrected chi connectivity index (χ2v) is 10.8. The van der Waals surface area contributed by atoms with Crippen LogP contribution in [-0.4, -0.2) is 64.6 Å². The fourth-order valence-corrected chi connectivity index (χ4v) is 4.39. The summed E-state index contributed by atoms with van der Waals surface area (Å²) in [6, 6.07) is 14.9. The molecule has 0 spiro atoms. The minimum atomic E-state index is -0.564. The van der Waals surface area contributed by atoms with Crippen molar-refractivity contribution in [3.05, 3.63) is 72.2 Å². The van der Waals surface area contributed by atoms with Crippen molar-refractivity contribution in [2.45, 2.75) is 33.3 Å². The summed E-state index contributed by atoms with van der Waals surface area (Å²) in [5, 5.41) is 4.35. The van der Waals surface area contributed by atoms with Crippen LogP contribution in [0.4, 0.5) is 17.3 Å². The van der Waals surface area contributed by atoms with Crippen LogP contribution in [0.15, 0.2) is 61.1 Å². The molecule has 202 valence electrons. The molecule has 5 rings (SSSR count). The Morgan fingerprint density at radius 1 is 0.974 bits per heavy atom. The molecular formula is C30H34N6O3. The summed E-state index contributed by atoms with van der Waals surface area (Å²) in [6.07, 6.45) is 3.35. The quantitative estimate of drug-likeness (QED) is 0.323. The van der Waals surface area contributed by atoms with Gasteiger partial charge in [0.05, 0.1) is 17.3 Å². The topological polar surface area (TPSA) is 92.7 Å². The summed E-state index contributed by atoms with van der Waals surface area (Å²) >= 11 is 0. The molecule has 0 radical (unpaired) electrons. The van der Waals surface area contributed by atoms with Gasteiger partial charge in [0.15, 0.2) is 0 Å². The van der Waals surface area contributed by atoms with Gasteiger partial charge in [-0.2, -0.15) is 0 Å². The van der Waals surface area contributed by atoms with Crippen LogP contribution < -0.4 is 15.0 Å². The van der Waals surface area contributed by atoms with E-state index in [1.54, 1.807) is 24.5 Å². The summed E-state index contributed by atoms with van der Waals surface area (Å²) < 4.78 is 11.6. The van der Waals surface area contributed by atoms with Crippen molar-refractivity contribution in [2.24, 2.45) is 0 Å². The Morgan fingerprint density at radius 2 is 1.77 bits per heavy atom. The van der Waals surface area contributed by atoms with E-state index >= 15 is 0 Å². The number of ether oxygens (including phenoxy) is 2. The van der Waals surface area contributed by atoms with E-state index in [1.807, 2.05) is 58.2 Å². The van der Waals surface area contributed by atoms with Crippen LogP contribution in [0.5, 0.6) is 11.5 Å². The number of carbonyl (C=O) groups excluding carboxylic acids is 1. The van der Waals surface area contributed by atoms with Gasteiger partial charge in [-0.05, 0) is 82.8 Å². The van der Waals surface area contributed by atoms with Crippen LogP contribution in [0, 0.1) is 6.92 Å². The second-order valence-electron chi connectivity index (χ2n) is 10.8. The maximum Gasteiger partial charge on any atom is 0.338 e. The number of fused-ring (bicyclic) bond motifs is 1. The van der Waals surface area contributed by atoms with E-state index < -0.39 is 5.60 Å². The number of anilines is 3. The molecule has 0 atom stereocenters. The number of aryl methyl sites for hydroxylation is 1. The Kier molecular flexibility index (Phi) is 7.34.